The summed E-state index contributed by atoms with van der Waals surface area (Å²) in [6.45, 7) is 5.70. The number of rotatable bonds is 5. The predicted octanol–water partition coefficient (Wildman–Crippen LogP) is 3.30. The molecule has 1 amide bonds. The molecule has 1 aromatic rings. The van der Waals surface area contributed by atoms with E-state index in [4.69, 9.17) is 0 Å². The summed E-state index contributed by atoms with van der Waals surface area (Å²) < 4.78 is 13.8. The third kappa shape index (κ3) is 4.29. The van der Waals surface area contributed by atoms with E-state index in [0.29, 0.717) is 5.69 Å². The molecule has 3 nitrogen and oxygen atoms in total. The molecule has 1 rings (SSSR count). The molecule has 0 aliphatic rings. The lowest BCUT2D eigenvalue weighted by molar-refractivity contribution is -0.122. The van der Waals surface area contributed by atoms with Crippen molar-refractivity contribution in [1.29, 1.82) is 0 Å². The highest BCUT2D eigenvalue weighted by Crippen LogP contribution is 2.23. The predicted molar refractivity (Wildman–Crippen MR) is 75.1 cm³/mol. The van der Waals surface area contributed by atoms with Crippen molar-refractivity contribution in [1.82, 2.24) is 5.32 Å². The smallest absolute Gasteiger partial charge is 0.242 e. The minimum absolute atomic E-state index is 0.0967. The number of halogens is 2. The molecular formula is C13H18BrFN2O. The fraction of sp³-hybridized carbons (Fsp3) is 0.462. The standard InChI is InChI=1S/C13H18BrFN2O/c1-4-8(2)16-13(18)9(3)17-12-7-10(15)5-6-11(12)14/h5-9,17H,4H2,1-3H3,(H,16,18). The quantitative estimate of drug-likeness (QED) is 0.875. The van der Waals surface area contributed by atoms with Crippen molar-refractivity contribution >= 4 is 27.5 Å². The average molecular weight is 317 g/mol. The van der Waals surface area contributed by atoms with Crippen LogP contribution in [0.2, 0.25) is 0 Å². The van der Waals surface area contributed by atoms with Gasteiger partial charge in [0.1, 0.15) is 11.9 Å². The molecular weight excluding hydrogens is 299 g/mol. The van der Waals surface area contributed by atoms with Crippen molar-refractivity contribution in [2.75, 3.05) is 5.32 Å². The van der Waals surface area contributed by atoms with E-state index in [1.165, 1.54) is 12.1 Å². The number of carbonyl (C=O) groups is 1. The Hall–Kier alpha value is -1.10. The Labute approximate surface area is 115 Å². The number of carbonyl (C=O) groups excluding carboxylic acids is 1. The molecule has 0 aromatic heterocycles. The Morgan fingerprint density at radius 3 is 2.72 bits per heavy atom. The van der Waals surface area contributed by atoms with Crippen molar-refractivity contribution in [3.8, 4) is 0 Å². The maximum atomic E-state index is 13.1. The Morgan fingerprint density at radius 2 is 2.11 bits per heavy atom. The fourth-order valence-electron chi connectivity index (χ4n) is 1.38. The van der Waals surface area contributed by atoms with Crippen LogP contribution in [0.1, 0.15) is 27.2 Å². The third-order valence-corrected chi connectivity index (χ3v) is 3.39. The second kappa shape index (κ2) is 6.73. The van der Waals surface area contributed by atoms with Gasteiger partial charge in [-0.1, -0.05) is 6.92 Å². The van der Waals surface area contributed by atoms with Gasteiger partial charge >= 0.3 is 0 Å². The van der Waals surface area contributed by atoms with Crippen molar-refractivity contribution in [3.05, 3.63) is 28.5 Å². The van der Waals surface area contributed by atoms with E-state index in [0.717, 1.165) is 10.9 Å². The molecule has 0 spiro atoms. The lowest BCUT2D eigenvalue weighted by Gasteiger charge is -2.19. The number of hydrogen-bond acceptors (Lipinski definition) is 2. The van der Waals surface area contributed by atoms with Gasteiger partial charge in [-0.15, -0.1) is 0 Å². The minimum atomic E-state index is -0.419. The number of hydrogen-bond donors (Lipinski definition) is 2. The summed E-state index contributed by atoms with van der Waals surface area (Å²) >= 11 is 3.31. The first-order valence-corrected chi connectivity index (χ1v) is 6.75. The van der Waals surface area contributed by atoms with Crippen LogP contribution in [0.5, 0.6) is 0 Å². The normalized spacial score (nSPS) is 13.8. The SMILES string of the molecule is CCC(C)NC(=O)C(C)Nc1cc(F)ccc1Br. The van der Waals surface area contributed by atoms with Crippen LogP contribution in [0, 0.1) is 5.82 Å². The van der Waals surface area contributed by atoms with Gasteiger partial charge in [-0.05, 0) is 54.4 Å². The van der Waals surface area contributed by atoms with Crippen LogP contribution >= 0.6 is 15.9 Å². The summed E-state index contributed by atoms with van der Waals surface area (Å²) in [4.78, 5) is 11.8. The monoisotopic (exact) mass is 316 g/mol. The van der Waals surface area contributed by atoms with Crippen LogP contribution < -0.4 is 10.6 Å². The van der Waals surface area contributed by atoms with E-state index in [9.17, 15) is 9.18 Å². The van der Waals surface area contributed by atoms with Crippen molar-refractivity contribution in [3.63, 3.8) is 0 Å². The molecule has 2 N–H and O–H groups in total. The van der Waals surface area contributed by atoms with E-state index in [1.807, 2.05) is 13.8 Å². The molecule has 0 saturated heterocycles. The summed E-state index contributed by atoms with van der Waals surface area (Å²) in [7, 11) is 0. The van der Waals surface area contributed by atoms with Gasteiger partial charge in [-0.2, -0.15) is 0 Å². The Morgan fingerprint density at radius 1 is 1.44 bits per heavy atom. The van der Waals surface area contributed by atoms with E-state index in [-0.39, 0.29) is 17.8 Å². The van der Waals surface area contributed by atoms with Gasteiger partial charge in [-0.3, -0.25) is 4.79 Å². The summed E-state index contributed by atoms with van der Waals surface area (Å²) in [5.41, 5.74) is 0.571. The first-order valence-electron chi connectivity index (χ1n) is 5.96. The molecule has 0 aliphatic carbocycles. The van der Waals surface area contributed by atoms with Gasteiger partial charge in [0, 0.05) is 10.5 Å². The van der Waals surface area contributed by atoms with Crippen LogP contribution in [0.25, 0.3) is 0 Å². The van der Waals surface area contributed by atoms with E-state index in [2.05, 4.69) is 26.6 Å². The number of amides is 1. The van der Waals surface area contributed by atoms with Crippen molar-refractivity contribution in [2.45, 2.75) is 39.3 Å². The number of anilines is 1. The van der Waals surface area contributed by atoms with Crippen LogP contribution in [0.15, 0.2) is 22.7 Å². The molecule has 18 heavy (non-hydrogen) atoms. The molecule has 1 aromatic carbocycles. The van der Waals surface area contributed by atoms with Crippen molar-refractivity contribution < 1.29 is 9.18 Å². The summed E-state index contributed by atoms with van der Waals surface area (Å²) in [6, 6.07) is 4.04. The largest absolute Gasteiger partial charge is 0.373 e. The highest BCUT2D eigenvalue weighted by molar-refractivity contribution is 9.10. The Kier molecular flexibility index (Phi) is 5.59. The third-order valence-electron chi connectivity index (χ3n) is 2.69. The average Bonchev–Trinajstić information content (AvgIpc) is 2.33. The first kappa shape index (κ1) is 15.0. The molecule has 100 valence electrons. The van der Waals surface area contributed by atoms with Crippen LogP contribution in [0.4, 0.5) is 10.1 Å². The van der Waals surface area contributed by atoms with Crippen LogP contribution in [-0.2, 0) is 4.79 Å². The number of benzene rings is 1. The second-order valence-corrected chi connectivity index (χ2v) is 5.16. The van der Waals surface area contributed by atoms with Crippen LogP contribution in [-0.4, -0.2) is 18.0 Å². The molecule has 0 saturated carbocycles. The first-order chi connectivity index (χ1) is 8.43. The summed E-state index contributed by atoms with van der Waals surface area (Å²) in [5.74, 6) is -0.434. The maximum absolute atomic E-state index is 13.1. The zero-order chi connectivity index (χ0) is 13.7. The minimum Gasteiger partial charge on any atom is -0.373 e. The summed E-state index contributed by atoms with van der Waals surface area (Å²) in [5, 5.41) is 5.85. The highest BCUT2D eigenvalue weighted by atomic mass is 79.9. The molecule has 0 radical (unpaired) electrons. The molecule has 0 aliphatic heterocycles. The van der Waals surface area contributed by atoms with Gasteiger partial charge in [0.2, 0.25) is 5.91 Å². The summed E-state index contributed by atoms with van der Waals surface area (Å²) in [6.07, 6.45) is 0.877. The van der Waals surface area contributed by atoms with E-state index >= 15 is 0 Å². The Bertz CT molecular complexity index is 425. The molecule has 2 unspecified atom stereocenters. The fourth-order valence-corrected chi connectivity index (χ4v) is 1.74. The molecule has 0 fully saturated rings. The van der Waals surface area contributed by atoms with Crippen LogP contribution in [0.3, 0.4) is 0 Å². The molecule has 5 heteroatoms. The molecule has 0 heterocycles. The molecule has 2 atom stereocenters. The van der Waals surface area contributed by atoms with Gasteiger partial charge in [0.25, 0.3) is 0 Å². The van der Waals surface area contributed by atoms with E-state index in [1.54, 1.807) is 13.0 Å². The molecule has 0 bridgehead atoms. The lowest BCUT2D eigenvalue weighted by atomic mass is 10.2. The Balaban J connectivity index is 2.66. The van der Waals surface area contributed by atoms with Gasteiger partial charge in [0.15, 0.2) is 0 Å². The van der Waals surface area contributed by atoms with Gasteiger partial charge in [-0.25, -0.2) is 4.39 Å². The lowest BCUT2D eigenvalue weighted by Crippen LogP contribution is -2.41. The van der Waals surface area contributed by atoms with Gasteiger partial charge < -0.3 is 10.6 Å². The van der Waals surface area contributed by atoms with Crippen molar-refractivity contribution in [2.24, 2.45) is 0 Å². The highest BCUT2D eigenvalue weighted by Gasteiger charge is 2.15. The zero-order valence-corrected chi connectivity index (χ0v) is 12.3. The second-order valence-electron chi connectivity index (χ2n) is 4.31. The topological polar surface area (TPSA) is 41.1 Å². The number of nitrogens with one attached hydrogen (secondary N) is 2. The zero-order valence-electron chi connectivity index (χ0n) is 10.8. The van der Waals surface area contributed by atoms with E-state index < -0.39 is 6.04 Å². The van der Waals surface area contributed by atoms with Gasteiger partial charge in [0.05, 0.1) is 5.69 Å². The maximum Gasteiger partial charge on any atom is 0.242 e.